The molecule has 2 aliphatic rings. The third-order valence-corrected chi connectivity index (χ3v) is 15.4. The van der Waals surface area contributed by atoms with Gasteiger partial charge in [-0.05, 0) is 93.9 Å². The molecule has 0 amide bonds. The molecular weight excluding hydrogens is 457 g/mol. The molecule has 0 atom stereocenters. The van der Waals surface area contributed by atoms with Crippen LogP contribution in [0.4, 0.5) is 11.4 Å². The molecule has 0 unspecified atom stereocenters. The van der Waals surface area contributed by atoms with Crippen molar-refractivity contribution >= 4 is 29.0 Å². The van der Waals surface area contributed by atoms with Crippen molar-refractivity contribution < 1.29 is 0 Å². The molecular formula is C31H48N2Si2. The summed E-state index contributed by atoms with van der Waals surface area (Å²) < 4.78 is 0. The molecule has 2 radical (unpaired) electrons. The summed E-state index contributed by atoms with van der Waals surface area (Å²) in [4.78, 5) is 5.33. The fourth-order valence-electron chi connectivity index (χ4n) is 7.39. The molecule has 0 saturated heterocycles. The zero-order valence-electron chi connectivity index (χ0n) is 23.2. The number of rotatable bonds is 8. The van der Waals surface area contributed by atoms with Crippen LogP contribution >= 0.6 is 0 Å². The van der Waals surface area contributed by atoms with E-state index in [1.54, 1.807) is 0 Å². The van der Waals surface area contributed by atoms with E-state index in [1.165, 1.54) is 69.2 Å². The average Bonchev–Trinajstić information content (AvgIpc) is 2.89. The van der Waals surface area contributed by atoms with Crippen LogP contribution in [0.3, 0.4) is 0 Å². The Labute approximate surface area is 219 Å². The second kappa shape index (κ2) is 11.2. The molecule has 2 aliphatic carbocycles. The van der Waals surface area contributed by atoms with Gasteiger partial charge >= 0.3 is 0 Å². The van der Waals surface area contributed by atoms with Crippen molar-refractivity contribution in [1.82, 2.24) is 0 Å². The number of hydrogen-bond acceptors (Lipinski definition) is 2. The smallest absolute Gasteiger partial charge is 0.0739 e. The highest BCUT2D eigenvalue weighted by atomic mass is 28.3. The predicted molar refractivity (Wildman–Crippen MR) is 159 cm³/mol. The average molecular weight is 505 g/mol. The van der Waals surface area contributed by atoms with Crippen molar-refractivity contribution in [3.05, 3.63) is 60.7 Å². The second-order valence-corrected chi connectivity index (χ2v) is 17.8. The summed E-state index contributed by atoms with van der Waals surface area (Å²) in [6.07, 6.45) is 12.7. The van der Waals surface area contributed by atoms with E-state index in [2.05, 4.69) is 111 Å². The van der Waals surface area contributed by atoms with Gasteiger partial charge in [0.25, 0.3) is 0 Å². The Morgan fingerprint density at radius 3 is 1.20 bits per heavy atom. The van der Waals surface area contributed by atoms with Crippen LogP contribution in [0.2, 0.25) is 26.2 Å². The highest BCUT2D eigenvalue weighted by Gasteiger charge is 2.45. The zero-order valence-corrected chi connectivity index (χ0v) is 25.2. The molecule has 2 aromatic rings. The van der Waals surface area contributed by atoms with Crippen molar-refractivity contribution in [2.24, 2.45) is 11.8 Å². The summed E-state index contributed by atoms with van der Waals surface area (Å²) in [5.41, 5.74) is 2.81. The molecule has 0 aromatic heterocycles. The van der Waals surface area contributed by atoms with Gasteiger partial charge in [0, 0.05) is 35.8 Å². The van der Waals surface area contributed by atoms with Crippen LogP contribution in [0.25, 0.3) is 0 Å². The zero-order chi connectivity index (χ0) is 25.1. The van der Waals surface area contributed by atoms with Crippen molar-refractivity contribution in [2.75, 3.05) is 23.9 Å². The molecule has 2 nitrogen and oxygen atoms in total. The lowest BCUT2D eigenvalue weighted by molar-refractivity contribution is 0.201. The SMILES string of the molecule is CN(c1ccccc1)C1([Si](C)C)CCC(CC2CCC(N(C)c3ccccc3)([Si](C)C)CC2)CC1. The van der Waals surface area contributed by atoms with Gasteiger partial charge in [-0.1, -0.05) is 62.6 Å². The summed E-state index contributed by atoms with van der Waals surface area (Å²) in [6.45, 7) is 10.2. The number of para-hydroxylation sites is 2. The first-order chi connectivity index (χ1) is 16.8. The van der Waals surface area contributed by atoms with Gasteiger partial charge in [0.2, 0.25) is 0 Å². The Kier molecular flexibility index (Phi) is 8.53. The molecule has 0 heterocycles. The maximum Gasteiger partial charge on any atom is 0.0739 e. The van der Waals surface area contributed by atoms with Crippen LogP contribution in [0, 0.1) is 11.8 Å². The highest BCUT2D eigenvalue weighted by Crippen LogP contribution is 2.46. The Balaban J connectivity index is 1.35. The molecule has 4 heteroatoms. The molecule has 0 aliphatic heterocycles. The topological polar surface area (TPSA) is 6.48 Å². The van der Waals surface area contributed by atoms with Gasteiger partial charge in [-0.15, -0.1) is 0 Å². The van der Waals surface area contributed by atoms with Gasteiger partial charge in [0.15, 0.2) is 0 Å². The lowest BCUT2D eigenvalue weighted by atomic mass is 9.74. The van der Waals surface area contributed by atoms with Crippen LogP contribution in [0.15, 0.2) is 60.7 Å². The minimum absolute atomic E-state index is 0.407. The quantitative estimate of drug-likeness (QED) is 0.335. The van der Waals surface area contributed by atoms with Crippen LogP contribution in [-0.2, 0) is 0 Å². The highest BCUT2D eigenvalue weighted by molar-refractivity contribution is 6.60. The first-order valence-corrected chi connectivity index (χ1v) is 19.0. The van der Waals surface area contributed by atoms with E-state index in [1.807, 2.05) is 0 Å². The minimum Gasteiger partial charge on any atom is -0.372 e. The van der Waals surface area contributed by atoms with Gasteiger partial charge in [0.1, 0.15) is 0 Å². The summed E-state index contributed by atoms with van der Waals surface area (Å²) in [5, 5.41) is 0.814. The van der Waals surface area contributed by atoms with E-state index in [0.717, 1.165) is 11.8 Å². The summed E-state index contributed by atoms with van der Waals surface area (Å²) in [7, 11) is 3.87. The summed E-state index contributed by atoms with van der Waals surface area (Å²) >= 11 is 0. The number of nitrogens with zero attached hydrogens (tertiary/aromatic N) is 2. The summed E-state index contributed by atoms with van der Waals surface area (Å²) in [6, 6.07) is 22.3. The van der Waals surface area contributed by atoms with Crippen molar-refractivity contribution in [3.63, 3.8) is 0 Å². The van der Waals surface area contributed by atoms with E-state index in [9.17, 15) is 0 Å². The Hall–Kier alpha value is -1.53. The van der Waals surface area contributed by atoms with Gasteiger partial charge < -0.3 is 9.80 Å². The van der Waals surface area contributed by atoms with E-state index >= 15 is 0 Å². The number of benzene rings is 2. The Morgan fingerprint density at radius 2 is 0.914 bits per heavy atom. The largest absolute Gasteiger partial charge is 0.372 e. The molecule has 190 valence electrons. The molecule has 0 N–H and O–H groups in total. The third kappa shape index (κ3) is 5.44. The first kappa shape index (κ1) is 26.5. The fraction of sp³-hybridized carbons (Fsp3) is 0.613. The van der Waals surface area contributed by atoms with E-state index < -0.39 is 17.6 Å². The van der Waals surface area contributed by atoms with Crippen molar-refractivity contribution in [3.8, 4) is 0 Å². The molecule has 35 heavy (non-hydrogen) atoms. The predicted octanol–water partition coefficient (Wildman–Crippen LogP) is 8.09. The minimum atomic E-state index is -0.432. The Bertz CT molecular complexity index is 823. The van der Waals surface area contributed by atoms with E-state index in [4.69, 9.17) is 0 Å². The summed E-state index contributed by atoms with van der Waals surface area (Å²) in [5.74, 6) is 1.87. The third-order valence-electron chi connectivity index (χ3n) is 9.96. The van der Waals surface area contributed by atoms with Gasteiger partial charge in [-0.25, -0.2) is 0 Å². The van der Waals surface area contributed by atoms with Crippen molar-refractivity contribution in [2.45, 2.75) is 94.3 Å². The second-order valence-electron chi connectivity index (χ2n) is 12.0. The van der Waals surface area contributed by atoms with Gasteiger partial charge in [0.05, 0.1) is 17.6 Å². The van der Waals surface area contributed by atoms with Gasteiger partial charge in [-0.2, -0.15) is 0 Å². The Morgan fingerprint density at radius 1 is 0.600 bits per heavy atom. The van der Waals surface area contributed by atoms with Crippen LogP contribution < -0.4 is 9.80 Å². The normalized spacial score (nSPS) is 29.4. The maximum absolute atomic E-state index is 2.66. The molecule has 2 fully saturated rings. The standard InChI is InChI=1S/C31H48N2Si2/c1-32(28-13-9-7-10-14-28)30(34(3)4)21-17-26(18-22-30)25-27-19-23-31(24-20-27,35(5)6)33(2)29-15-11-8-12-16-29/h7-16,26-27H,17-25H2,1-6H3. The maximum atomic E-state index is 2.66. The van der Waals surface area contributed by atoms with E-state index in [-0.39, 0.29) is 0 Å². The first-order valence-electron chi connectivity index (χ1n) is 14.0. The lowest BCUT2D eigenvalue weighted by Crippen LogP contribution is -2.58. The van der Waals surface area contributed by atoms with Gasteiger partial charge in [-0.3, -0.25) is 0 Å². The van der Waals surface area contributed by atoms with Crippen LogP contribution in [0.1, 0.15) is 57.8 Å². The molecule has 0 spiro atoms. The molecule has 2 saturated carbocycles. The van der Waals surface area contributed by atoms with Crippen LogP contribution in [-0.4, -0.2) is 42.0 Å². The van der Waals surface area contributed by atoms with E-state index in [0.29, 0.717) is 10.3 Å². The van der Waals surface area contributed by atoms with Crippen molar-refractivity contribution in [1.29, 1.82) is 0 Å². The lowest BCUT2D eigenvalue weighted by Gasteiger charge is -2.52. The number of anilines is 2. The molecule has 0 bridgehead atoms. The molecule has 2 aromatic carbocycles. The molecule has 4 rings (SSSR count). The van der Waals surface area contributed by atoms with Crippen LogP contribution in [0.5, 0.6) is 0 Å². The number of hydrogen-bond donors (Lipinski definition) is 0. The monoisotopic (exact) mass is 504 g/mol. The fourth-order valence-corrected chi connectivity index (χ4v) is 11.6.